The first-order valence-corrected chi connectivity index (χ1v) is 23.0. The van der Waals surface area contributed by atoms with Gasteiger partial charge in [-0.1, -0.05) is 163 Å². The van der Waals surface area contributed by atoms with Crippen molar-refractivity contribution in [2.75, 3.05) is 4.90 Å². The molecule has 0 atom stereocenters. The summed E-state index contributed by atoms with van der Waals surface area (Å²) in [5.41, 5.74) is 3.25. The molecule has 2 nitrogen and oxygen atoms in total. The molecule has 1 spiro atoms. The van der Waals surface area contributed by atoms with Crippen LogP contribution >= 0.6 is 11.8 Å². The molecule has 11 rings (SSSR count). The van der Waals surface area contributed by atoms with E-state index in [2.05, 4.69) is 205 Å². The maximum Gasteiger partial charge on any atom is 0.181 e. The highest BCUT2D eigenvalue weighted by atomic mass is 32.2. The van der Waals surface area contributed by atoms with Gasteiger partial charge in [0.05, 0.1) is 11.4 Å². The van der Waals surface area contributed by atoms with E-state index in [9.17, 15) is 0 Å². The van der Waals surface area contributed by atoms with Gasteiger partial charge >= 0.3 is 0 Å². The van der Waals surface area contributed by atoms with E-state index in [1.165, 1.54) is 51.3 Å². The van der Waals surface area contributed by atoms with Crippen LogP contribution in [0.25, 0.3) is 0 Å². The zero-order valence-corrected chi connectivity index (χ0v) is 31.6. The number of para-hydroxylation sites is 4. The van der Waals surface area contributed by atoms with Crippen molar-refractivity contribution in [1.82, 2.24) is 0 Å². The van der Waals surface area contributed by atoms with Crippen LogP contribution < -0.4 is 51.1 Å². The Kier molecular flexibility index (Phi) is 6.86. The second-order valence-electron chi connectivity index (χ2n) is 14.0. The maximum absolute atomic E-state index is 6.51. The van der Waals surface area contributed by atoms with Crippen molar-refractivity contribution in [1.29, 1.82) is 0 Å². The van der Waals surface area contributed by atoms with Gasteiger partial charge in [-0.25, -0.2) is 0 Å². The maximum atomic E-state index is 6.51. The predicted octanol–water partition coefficient (Wildman–Crippen LogP) is 6.79. The number of hydrogen-bond acceptors (Lipinski definition) is 3. The summed E-state index contributed by atoms with van der Waals surface area (Å²) in [6.07, 6.45) is 0. The molecular formula is C48H33NOSSi2. The minimum absolute atomic E-state index is 0.864. The Balaban J connectivity index is 1.33. The minimum Gasteiger partial charge on any atom is -0.453 e. The number of anilines is 3. The topological polar surface area (TPSA) is 12.5 Å². The van der Waals surface area contributed by atoms with Crippen LogP contribution in [0.4, 0.5) is 17.1 Å². The Labute approximate surface area is 316 Å². The average molecular weight is 728 g/mol. The molecule has 0 saturated carbocycles. The number of nitrogens with zero attached hydrogens (tertiary/aromatic N) is 1. The molecule has 3 heterocycles. The lowest BCUT2D eigenvalue weighted by molar-refractivity contribution is 0.477. The second kappa shape index (κ2) is 11.8. The smallest absolute Gasteiger partial charge is 0.181 e. The summed E-state index contributed by atoms with van der Waals surface area (Å²) in [5.74, 6) is 1.73. The highest BCUT2D eigenvalue weighted by molar-refractivity contribution is 8.00. The van der Waals surface area contributed by atoms with Crippen LogP contribution in [0.3, 0.4) is 0 Å². The molecule has 53 heavy (non-hydrogen) atoms. The van der Waals surface area contributed by atoms with Crippen molar-refractivity contribution < 1.29 is 4.74 Å². The van der Waals surface area contributed by atoms with E-state index in [0.29, 0.717) is 0 Å². The molecular weight excluding hydrogens is 695 g/mol. The molecule has 0 radical (unpaired) electrons. The third-order valence-corrected chi connectivity index (χ3v) is 23.3. The largest absolute Gasteiger partial charge is 0.453 e. The van der Waals surface area contributed by atoms with Gasteiger partial charge in [0.2, 0.25) is 0 Å². The predicted molar refractivity (Wildman–Crippen MR) is 226 cm³/mol. The monoisotopic (exact) mass is 727 g/mol. The number of fused-ring (bicyclic) bond motifs is 10. The van der Waals surface area contributed by atoms with E-state index in [-0.39, 0.29) is 0 Å². The molecule has 0 aromatic heterocycles. The third kappa shape index (κ3) is 4.21. The summed E-state index contributed by atoms with van der Waals surface area (Å²) in [6, 6.07) is 75.2. The Morgan fingerprint density at radius 2 is 0.792 bits per heavy atom. The minimum atomic E-state index is -2.93. The second-order valence-corrected chi connectivity index (χ2v) is 22.4. The quantitative estimate of drug-likeness (QED) is 0.186. The van der Waals surface area contributed by atoms with Crippen molar-refractivity contribution >= 4 is 86.5 Å². The van der Waals surface area contributed by atoms with Gasteiger partial charge in [0.25, 0.3) is 0 Å². The summed E-state index contributed by atoms with van der Waals surface area (Å²) >= 11 is 1.92. The molecule has 5 heteroatoms. The number of benzene rings is 8. The average Bonchev–Trinajstić information content (AvgIpc) is 3.23. The summed E-state index contributed by atoms with van der Waals surface area (Å²) in [5, 5.41) is 11.7. The molecule has 3 aliphatic rings. The van der Waals surface area contributed by atoms with Gasteiger partial charge in [-0.05, 0) is 90.0 Å². The fraction of sp³-hybridized carbons (Fsp3) is 0. The molecule has 8 aromatic carbocycles. The van der Waals surface area contributed by atoms with Gasteiger partial charge in [0.1, 0.15) is 0 Å². The van der Waals surface area contributed by atoms with Crippen molar-refractivity contribution in [3.05, 3.63) is 200 Å². The van der Waals surface area contributed by atoms with Gasteiger partial charge < -0.3 is 9.64 Å². The first-order valence-electron chi connectivity index (χ1n) is 18.2. The van der Waals surface area contributed by atoms with E-state index >= 15 is 0 Å². The van der Waals surface area contributed by atoms with E-state index in [0.717, 1.165) is 28.6 Å². The molecule has 0 N–H and O–H groups in total. The summed E-state index contributed by atoms with van der Waals surface area (Å²) < 4.78 is 6.51. The van der Waals surface area contributed by atoms with Crippen LogP contribution in [0.1, 0.15) is 0 Å². The lowest BCUT2D eigenvalue weighted by Gasteiger charge is -2.50. The van der Waals surface area contributed by atoms with Crippen LogP contribution in [-0.2, 0) is 0 Å². The molecule has 0 amide bonds. The molecule has 250 valence electrons. The van der Waals surface area contributed by atoms with Crippen molar-refractivity contribution in [3.63, 3.8) is 0 Å². The number of hydrogen-bond donors (Lipinski definition) is 0. The molecule has 0 fully saturated rings. The van der Waals surface area contributed by atoms with Crippen LogP contribution in [0.2, 0.25) is 0 Å². The Bertz CT molecular complexity index is 2580. The van der Waals surface area contributed by atoms with Crippen molar-refractivity contribution in [3.8, 4) is 11.5 Å². The van der Waals surface area contributed by atoms with Gasteiger partial charge in [0.15, 0.2) is 27.6 Å². The zero-order valence-electron chi connectivity index (χ0n) is 28.8. The number of rotatable bonds is 3. The molecule has 8 aromatic rings. The molecule has 0 saturated heterocycles. The number of ether oxygens (including phenoxy) is 1. The van der Waals surface area contributed by atoms with Gasteiger partial charge in [-0.2, -0.15) is 0 Å². The lowest BCUT2D eigenvalue weighted by atomic mass is 10.1. The zero-order chi connectivity index (χ0) is 35.0. The fourth-order valence-electron chi connectivity index (χ4n) is 9.46. The van der Waals surface area contributed by atoms with Gasteiger partial charge in [0, 0.05) is 15.5 Å². The van der Waals surface area contributed by atoms with E-state index in [4.69, 9.17) is 4.74 Å². The normalized spacial score (nSPS) is 15.1. The SMILES string of the molecule is c1ccc([Si]2(c3ccccc3)c3ccccc3[Si]3(c4ccccc4Sc4ccccc43)c3cc(N4c5ccccc5Oc5ccccc54)ccc32)cc1. The van der Waals surface area contributed by atoms with E-state index < -0.39 is 16.1 Å². The molecule has 0 unspecified atom stereocenters. The Morgan fingerprint density at radius 3 is 1.36 bits per heavy atom. The lowest BCUT2D eigenvalue weighted by Crippen LogP contribution is -2.93. The summed E-state index contributed by atoms with van der Waals surface area (Å²) in [4.78, 5) is 5.14. The van der Waals surface area contributed by atoms with Crippen LogP contribution in [0.15, 0.2) is 210 Å². The van der Waals surface area contributed by atoms with Crippen molar-refractivity contribution in [2.45, 2.75) is 9.79 Å². The van der Waals surface area contributed by atoms with Gasteiger partial charge in [-0.15, -0.1) is 0 Å². The van der Waals surface area contributed by atoms with Crippen LogP contribution in [0, 0.1) is 0 Å². The third-order valence-electron chi connectivity index (χ3n) is 11.5. The molecule has 3 aliphatic heterocycles. The van der Waals surface area contributed by atoms with E-state index in [1.807, 2.05) is 11.8 Å². The molecule has 0 bridgehead atoms. The van der Waals surface area contributed by atoms with Crippen LogP contribution in [0.5, 0.6) is 11.5 Å². The highest BCUT2D eigenvalue weighted by Gasteiger charge is 2.58. The summed E-state index contributed by atoms with van der Waals surface area (Å²) in [7, 11) is -5.79. The first kappa shape index (κ1) is 30.7. The van der Waals surface area contributed by atoms with Crippen LogP contribution in [-0.4, -0.2) is 16.1 Å². The van der Waals surface area contributed by atoms with E-state index in [1.54, 1.807) is 0 Å². The highest BCUT2D eigenvalue weighted by Crippen LogP contribution is 2.50. The Morgan fingerprint density at radius 1 is 0.358 bits per heavy atom. The molecule has 0 aliphatic carbocycles. The standard InChI is InChI=1S/C48H33NOSSi2/c1-3-17-35(18-4-1)52(36-19-5-2-6-20-36)45-29-15-16-30-46(45)53(43-27-13-11-25-41(43)51-42-26-12-14-28-44(42)53)48-33-34(31-32-47(48)52)49-37-21-7-9-23-39(37)50-40-24-10-8-22-38(40)49/h1-33H. The van der Waals surface area contributed by atoms with Gasteiger partial charge in [-0.3, -0.25) is 0 Å². The Hall–Kier alpha value is -5.86. The first-order chi connectivity index (χ1) is 26.3. The fourth-order valence-corrected chi connectivity index (χ4v) is 23.7. The summed E-state index contributed by atoms with van der Waals surface area (Å²) in [6.45, 7) is 0. The van der Waals surface area contributed by atoms with Crippen molar-refractivity contribution in [2.24, 2.45) is 0 Å².